The maximum Gasteiger partial charge on any atom is 0.340 e. The number of halogens is 1. The standard InChI is InChI=1S/C19H16ClNO2/c1-3-21-12(2)17(14-9-5-7-11-16(14)21)19(20)15-10-6-4-8-13(15)18(22)23-19/h4-11H,3H2,1-2H3. The fraction of sp³-hybridized carbons (Fsp3) is 0.211. The molecule has 0 radical (unpaired) electrons. The van der Waals surface area contributed by atoms with E-state index in [9.17, 15) is 4.79 Å². The SMILES string of the molecule is CCn1c(C)c(C2(Cl)OC(=O)c3ccccc32)c2ccccc21. The van der Waals surface area contributed by atoms with Gasteiger partial charge in [-0.1, -0.05) is 48.0 Å². The number of hydrogen-bond acceptors (Lipinski definition) is 2. The van der Waals surface area contributed by atoms with Crippen molar-refractivity contribution in [2.45, 2.75) is 25.5 Å². The van der Waals surface area contributed by atoms with Crippen molar-refractivity contribution in [1.82, 2.24) is 4.57 Å². The van der Waals surface area contributed by atoms with Crippen molar-refractivity contribution in [2.75, 3.05) is 0 Å². The molecular formula is C19H16ClNO2. The lowest BCUT2D eigenvalue weighted by molar-refractivity contribution is 0.0367. The van der Waals surface area contributed by atoms with E-state index in [4.69, 9.17) is 16.3 Å². The van der Waals surface area contributed by atoms with E-state index in [0.717, 1.165) is 28.7 Å². The fourth-order valence-electron chi connectivity index (χ4n) is 3.61. The van der Waals surface area contributed by atoms with Gasteiger partial charge in [-0.25, -0.2) is 4.79 Å². The Balaban J connectivity index is 2.08. The molecule has 23 heavy (non-hydrogen) atoms. The number of aromatic nitrogens is 1. The zero-order valence-corrected chi connectivity index (χ0v) is 13.7. The highest BCUT2D eigenvalue weighted by Gasteiger charge is 2.48. The Morgan fingerprint density at radius 2 is 1.83 bits per heavy atom. The molecule has 3 aromatic rings. The fourth-order valence-corrected chi connectivity index (χ4v) is 4.08. The van der Waals surface area contributed by atoms with E-state index in [-0.39, 0.29) is 5.97 Å². The van der Waals surface area contributed by atoms with Gasteiger partial charge in [0.2, 0.25) is 5.06 Å². The molecule has 1 aliphatic heterocycles. The molecule has 0 N–H and O–H groups in total. The lowest BCUT2D eigenvalue weighted by atomic mass is 9.96. The summed E-state index contributed by atoms with van der Waals surface area (Å²) in [5.74, 6) is -0.372. The molecule has 4 heteroatoms. The second-order valence-corrected chi connectivity index (χ2v) is 6.28. The number of para-hydroxylation sites is 1. The monoisotopic (exact) mass is 325 g/mol. The first-order chi connectivity index (χ1) is 11.1. The van der Waals surface area contributed by atoms with Crippen molar-refractivity contribution >= 4 is 28.5 Å². The number of nitrogens with zero attached hydrogens (tertiary/aromatic N) is 1. The van der Waals surface area contributed by atoms with Crippen LogP contribution in [0.15, 0.2) is 48.5 Å². The molecule has 4 rings (SSSR count). The number of aryl methyl sites for hydroxylation is 1. The van der Waals surface area contributed by atoms with Crippen LogP contribution in [-0.2, 0) is 16.3 Å². The lowest BCUT2D eigenvalue weighted by Gasteiger charge is -2.22. The largest absolute Gasteiger partial charge is 0.431 e. The number of hydrogen-bond donors (Lipinski definition) is 0. The highest BCUT2D eigenvalue weighted by Crippen LogP contribution is 2.49. The van der Waals surface area contributed by atoms with Gasteiger partial charge in [-0.3, -0.25) is 0 Å². The van der Waals surface area contributed by atoms with Crippen molar-refractivity contribution < 1.29 is 9.53 Å². The third-order valence-corrected chi connectivity index (χ3v) is 5.07. The van der Waals surface area contributed by atoms with Crippen molar-refractivity contribution in [3.8, 4) is 0 Å². The summed E-state index contributed by atoms with van der Waals surface area (Å²) in [4.78, 5) is 12.3. The van der Waals surface area contributed by atoms with Crippen LogP contribution in [0.5, 0.6) is 0 Å². The number of benzene rings is 2. The molecule has 0 spiro atoms. The van der Waals surface area contributed by atoms with Gasteiger partial charge in [0.25, 0.3) is 0 Å². The Kier molecular flexibility index (Phi) is 3.03. The smallest absolute Gasteiger partial charge is 0.340 e. The summed E-state index contributed by atoms with van der Waals surface area (Å²) in [6.07, 6.45) is 0. The molecule has 0 fully saturated rings. The van der Waals surface area contributed by atoms with Crippen LogP contribution in [0.4, 0.5) is 0 Å². The zero-order valence-electron chi connectivity index (χ0n) is 13.0. The Morgan fingerprint density at radius 3 is 2.61 bits per heavy atom. The first kappa shape index (κ1) is 14.3. The molecule has 1 atom stereocenters. The van der Waals surface area contributed by atoms with E-state index in [1.165, 1.54) is 0 Å². The van der Waals surface area contributed by atoms with Gasteiger partial charge < -0.3 is 9.30 Å². The Hall–Kier alpha value is -2.26. The minimum absolute atomic E-state index is 0.372. The molecule has 0 saturated heterocycles. The number of alkyl halides is 1. The summed E-state index contributed by atoms with van der Waals surface area (Å²) in [7, 11) is 0. The van der Waals surface area contributed by atoms with Crippen LogP contribution in [0.25, 0.3) is 10.9 Å². The molecule has 2 heterocycles. The summed E-state index contributed by atoms with van der Waals surface area (Å²) in [5.41, 5.74) is 4.23. The first-order valence-electron chi connectivity index (χ1n) is 7.68. The quantitative estimate of drug-likeness (QED) is 0.510. The Bertz CT molecular complexity index is 944. The van der Waals surface area contributed by atoms with Crippen LogP contribution in [0.3, 0.4) is 0 Å². The Morgan fingerprint density at radius 1 is 1.13 bits per heavy atom. The summed E-state index contributed by atoms with van der Waals surface area (Å²) in [5, 5.41) is -0.246. The van der Waals surface area contributed by atoms with E-state index >= 15 is 0 Å². The van der Waals surface area contributed by atoms with E-state index in [2.05, 4.69) is 17.6 Å². The minimum atomic E-state index is -1.27. The molecule has 1 unspecified atom stereocenters. The molecule has 0 bridgehead atoms. The van der Waals surface area contributed by atoms with E-state index < -0.39 is 5.06 Å². The van der Waals surface area contributed by atoms with Crippen molar-refractivity contribution in [1.29, 1.82) is 0 Å². The average molecular weight is 326 g/mol. The van der Waals surface area contributed by atoms with Crippen LogP contribution in [0.1, 0.15) is 34.1 Å². The summed E-state index contributed by atoms with van der Waals surface area (Å²) < 4.78 is 7.86. The second-order valence-electron chi connectivity index (χ2n) is 5.75. The second kappa shape index (κ2) is 4.87. The normalized spacial score (nSPS) is 19.9. The van der Waals surface area contributed by atoms with Crippen molar-refractivity contribution in [2.24, 2.45) is 0 Å². The van der Waals surface area contributed by atoms with E-state index in [1.54, 1.807) is 6.07 Å². The minimum Gasteiger partial charge on any atom is -0.431 e. The third kappa shape index (κ3) is 1.80. The van der Waals surface area contributed by atoms with E-state index in [0.29, 0.717) is 11.1 Å². The molecule has 1 aromatic heterocycles. The van der Waals surface area contributed by atoms with Gasteiger partial charge in [-0.2, -0.15) is 0 Å². The van der Waals surface area contributed by atoms with Gasteiger partial charge in [0, 0.05) is 34.3 Å². The highest BCUT2D eigenvalue weighted by atomic mass is 35.5. The lowest BCUT2D eigenvalue weighted by Crippen LogP contribution is -2.21. The van der Waals surface area contributed by atoms with Gasteiger partial charge in [-0.15, -0.1) is 0 Å². The maximum absolute atomic E-state index is 12.3. The van der Waals surface area contributed by atoms with Crippen LogP contribution in [0, 0.1) is 6.92 Å². The van der Waals surface area contributed by atoms with Crippen LogP contribution >= 0.6 is 11.6 Å². The molecule has 0 amide bonds. The van der Waals surface area contributed by atoms with Crippen molar-refractivity contribution in [3.05, 3.63) is 70.9 Å². The molecule has 0 saturated carbocycles. The topological polar surface area (TPSA) is 31.2 Å². The van der Waals surface area contributed by atoms with Gasteiger partial charge in [0.15, 0.2) is 0 Å². The van der Waals surface area contributed by atoms with Crippen LogP contribution < -0.4 is 0 Å². The summed E-state index contributed by atoms with van der Waals surface area (Å²) in [6.45, 7) is 4.95. The molecule has 1 aliphatic rings. The van der Waals surface area contributed by atoms with Gasteiger partial charge in [0.1, 0.15) is 0 Å². The number of carbonyl (C=O) groups is 1. The van der Waals surface area contributed by atoms with Crippen molar-refractivity contribution in [3.63, 3.8) is 0 Å². The maximum atomic E-state index is 12.3. The summed E-state index contributed by atoms with van der Waals surface area (Å²) in [6, 6.07) is 15.4. The predicted octanol–water partition coefficient (Wildman–Crippen LogP) is 4.58. The zero-order chi connectivity index (χ0) is 16.2. The predicted molar refractivity (Wildman–Crippen MR) is 90.8 cm³/mol. The first-order valence-corrected chi connectivity index (χ1v) is 8.05. The van der Waals surface area contributed by atoms with Gasteiger partial charge in [-0.05, 0) is 26.0 Å². The molecule has 0 aliphatic carbocycles. The average Bonchev–Trinajstić information content (AvgIpc) is 2.99. The number of esters is 1. The number of cyclic esters (lactones) is 1. The Labute approximate surface area is 139 Å². The van der Waals surface area contributed by atoms with Crippen LogP contribution in [0.2, 0.25) is 0 Å². The number of fused-ring (bicyclic) bond motifs is 2. The van der Waals surface area contributed by atoms with Gasteiger partial charge in [0.05, 0.1) is 5.56 Å². The number of ether oxygens (including phenoxy) is 1. The third-order valence-electron chi connectivity index (χ3n) is 4.60. The molecule has 3 nitrogen and oxygen atoms in total. The number of carbonyl (C=O) groups excluding carboxylic acids is 1. The van der Waals surface area contributed by atoms with Gasteiger partial charge >= 0.3 is 5.97 Å². The highest BCUT2D eigenvalue weighted by molar-refractivity contribution is 6.29. The molecular weight excluding hydrogens is 310 g/mol. The van der Waals surface area contributed by atoms with Crippen LogP contribution in [-0.4, -0.2) is 10.5 Å². The number of rotatable bonds is 2. The molecule has 2 aromatic carbocycles. The van der Waals surface area contributed by atoms with E-state index in [1.807, 2.05) is 43.3 Å². The molecule has 116 valence electrons. The summed E-state index contributed by atoms with van der Waals surface area (Å²) >= 11 is 6.92.